The number of methoxy groups -OCH3 is 1. The highest BCUT2D eigenvalue weighted by Gasteiger charge is 2.14. The van der Waals surface area contributed by atoms with Gasteiger partial charge in [0, 0.05) is 12.8 Å². The van der Waals surface area contributed by atoms with Gasteiger partial charge in [-0.1, -0.05) is 26.0 Å². The molecule has 2 rings (SSSR count). The Hall–Kier alpha value is -2.64. The van der Waals surface area contributed by atoms with E-state index in [2.05, 4.69) is 24.5 Å². The van der Waals surface area contributed by atoms with E-state index in [-0.39, 0.29) is 11.0 Å². The van der Waals surface area contributed by atoms with E-state index >= 15 is 0 Å². The molecule has 2 aromatic carbocycles. The third-order valence-corrected chi connectivity index (χ3v) is 3.80. The number of carbonyl (C=O) groups is 1. The van der Waals surface area contributed by atoms with Gasteiger partial charge in [0.05, 0.1) is 18.8 Å². The standard InChI is InChI=1S/C21H26N2O4S/c1-15(2)14-27-19-7-5-4-6-18(19)20(24)23-21(28)22-16-8-10-17(11-9-16)26-13-12-25-3/h4-11,15H,12-14H2,1-3H3,(H2,22,23,24,28). The first-order chi connectivity index (χ1) is 13.5. The van der Waals surface area contributed by atoms with Crippen LogP contribution < -0.4 is 20.1 Å². The molecule has 150 valence electrons. The molecule has 0 bridgehead atoms. The van der Waals surface area contributed by atoms with Crippen molar-refractivity contribution in [2.24, 2.45) is 5.92 Å². The SMILES string of the molecule is COCCOc1ccc(NC(=S)NC(=O)c2ccccc2OCC(C)C)cc1. The molecule has 0 aliphatic heterocycles. The minimum atomic E-state index is -0.323. The molecule has 0 saturated carbocycles. The lowest BCUT2D eigenvalue weighted by Gasteiger charge is -2.14. The topological polar surface area (TPSA) is 68.8 Å². The molecule has 0 aliphatic carbocycles. The molecule has 1 amide bonds. The van der Waals surface area contributed by atoms with Crippen molar-refractivity contribution in [1.82, 2.24) is 5.32 Å². The van der Waals surface area contributed by atoms with E-state index in [1.54, 1.807) is 25.3 Å². The van der Waals surface area contributed by atoms with Crippen molar-refractivity contribution >= 4 is 28.9 Å². The summed E-state index contributed by atoms with van der Waals surface area (Å²) < 4.78 is 16.2. The van der Waals surface area contributed by atoms with E-state index in [1.807, 2.05) is 30.3 Å². The molecule has 0 aliphatic rings. The van der Waals surface area contributed by atoms with Crippen LogP contribution in [0.25, 0.3) is 0 Å². The molecule has 0 saturated heterocycles. The summed E-state index contributed by atoms with van der Waals surface area (Å²) in [6.45, 7) is 5.64. The van der Waals surface area contributed by atoms with Crippen LogP contribution >= 0.6 is 12.2 Å². The van der Waals surface area contributed by atoms with Crippen LogP contribution in [-0.4, -0.2) is 38.0 Å². The summed E-state index contributed by atoms with van der Waals surface area (Å²) >= 11 is 5.25. The highest BCUT2D eigenvalue weighted by molar-refractivity contribution is 7.80. The van der Waals surface area contributed by atoms with Crippen LogP contribution in [0.2, 0.25) is 0 Å². The Kier molecular flexibility index (Phi) is 8.71. The number of para-hydroxylation sites is 1. The smallest absolute Gasteiger partial charge is 0.261 e. The van der Waals surface area contributed by atoms with Crippen LogP contribution in [0.1, 0.15) is 24.2 Å². The molecule has 7 heteroatoms. The normalized spacial score (nSPS) is 10.4. The van der Waals surface area contributed by atoms with E-state index in [0.717, 1.165) is 11.4 Å². The third kappa shape index (κ3) is 7.17. The highest BCUT2D eigenvalue weighted by atomic mass is 32.1. The average molecular weight is 403 g/mol. The van der Waals surface area contributed by atoms with Gasteiger partial charge in [0.15, 0.2) is 5.11 Å². The van der Waals surface area contributed by atoms with E-state index in [1.165, 1.54) is 0 Å². The summed E-state index contributed by atoms with van der Waals surface area (Å²) in [5, 5.41) is 5.87. The largest absolute Gasteiger partial charge is 0.492 e. The van der Waals surface area contributed by atoms with Gasteiger partial charge in [-0.15, -0.1) is 0 Å². The van der Waals surface area contributed by atoms with Crippen molar-refractivity contribution in [1.29, 1.82) is 0 Å². The van der Waals surface area contributed by atoms with Crippen LogP contribution in [0.3, 0.4) is 0 Å². The quantitative estimate of drug-likeness (QED) is 0.490. The van der Waals surface area contributed by atoms with Crippen molar-refractivity contribution in [2.45, 2.75) is 13.8 Å². The zero-order chi connectivity index (χ0) is 20.4. The van der Waals surface area contributed by atoms with Gasteiger partial charge < -0.3 is 19.5 Å². The molecule has 0 atom stereocenters. The lowest BCUT2D eigenvalue weighted by Crippen LogP contribution is -2.34. The van der Waals surface area contributed by atoms with Crippen LogP contribution in [0, 0.1) is 5.92 Å². The van der Waals surface area contributed by atoms with E-state index in [4.69, 9.17) is 26.4 Å². The molecule has 0 heterocycles. The van der Waals surface area contributed by atoms with Crippen molar-refractivity contribution in [3.8, 4) is 11.5 Å². The molecule has 0 radical (unpaired) electrons. The lowest BCUT2D eigenvalue weighted by atomic mass is 10.2. The first kappa shape index (κ1) is 21.7. The molecule has 2 N–H and O–H groups in total. The van der Waals surface area contributed by atoms with Gasteiger partial charge >= 0.3 is 0 Å². The van der Waals surface area contributed by atoms with Crippen molar-refractivity contribution < 1.29 is 19.0 Å². The molecule has 0 aromatic heterocycles. The Morgan fingerprint density at radius 3 is 2.43 bits per heavy atom. The summed E-state index contributed by atoms with van der Waals surface area (Å²) in [6, 6.07) is 14.4. The van der Waals surface area contributed by atoms with Crippen LogP contribution in [0.4, 0.5) is 5.69 Å². The van der Waals surface area contributed by atoms with Crippen LogP contribution in [0.15, 0.2) is 48.5 Å². The van der Waals surface area contributed by atoms with Gasteiger partial charge in [-0.3, -0.25) is 10.1 Å². The number of rotatable bonds is 9. The minimum absolute atomic E-state index is 0.205. The maximum Gasteiger partial charge on any atom is 0.261 e. The molecular formula is C21H26N2O4S. The Labute approximate surface area is 171 Å². The van der Waals surface area contributed by atoms with Crippen LogP contribution in [-0.2, 0) is 4.74 Å². The number of hydrogen-bond acceptors (Lipinski definition) is 5. The number of nitrogens with one attached hydrogen (secondary N) is 2. The fourth-order valence-corrected chi connectivity index (χ4v) is 2.46. The van der Waals surface area contributed by atoms with Crippen molar-refractivity contribution in [2.75, 3.05) is 32.2 Å². The van der Waals surface area contributed by atoms with E-state index < -0.39 is 0 Å². The number of anilines is 1. The zero-order valence-electron chi connectivity index (χ0n) is 16.4. The van der Waals surface area contributed by atoms with E-state index in [9.17, 15) is 4.79 Å². The Morgan fingerprint density at radius 2 is 1.75 bits per heavy atom. The Balaban J connectivity index is 1.91. The van der Waals surface area contributed by atoms with Gasteiger partial charge in [-0.2, -0.15) is 0 Å². The Bertz CT molecular complexity index is 778. The number of ether oxygens (including phenoxy) is 3. The van der Waals surface area contributed by atoms with Crippen LogP contribution in [0.5, 0.6) is 11.5 Å². The summed E-state index contributed by atoms with van der Waals surface area (Å²) in [7, 11) is 1.63. The summed E-state index contributed by atoms with van der Waals surface area (Å²) in [5.41, 5.74) is 1.18. The first-order valence-electron chi connectivity index (χ1n) is 9.05. The second-order valence-electron chi connectivity index (χ2n) is 6.47. The zero-order valence-corrected chi connectivity index (χ0v) is 17.2. The average Bonchev–Trinajstić information content (AvgIpc) is 2.68. The van der Waals surface area contributed by atoms with Crippen molar-refractivity contribution in [3.05, 3.63) is 54.1 Å². The second-order valence-corrected chi connectivity index (χ2v) is 6.88. The van der Waals surface area contributed by atoms with Gasteiger partial charge in [0.2, 0.25) is 0 Å². The fourth-order valence-electron chi connectivity index (χ4n) is 2.25. The molecule has 0 spiro atoms. The lowest BCUT2D eigenvalue weighted by molar-refractivity contribution is 0.0973. The molecular weight excluding hydrogens is 376 g/mol. The summed E-state index contributed by atoms with van der Waals surface area (Å²) in [4.78, 5) is 12.6. The number of carbonyl (C=O) groups excluding carboxylic acids is 1. The summed E-state index contributed by atoms with van der Waals surface area (Å²) in [6.07, 6.45) is 0. The number of thiocarbonyl (C=S) groups is 1. The monoisotopic (exact) mass is 402 g/mol. The Morgan fingerprint density at radius 1 is 1.04 bits per heavy atom. The van der Waals surface area contributed by atoms with E-state index in [0.29, 0.717) is 37.1 Å². The predicted octanol–water partition coefficient (Wildman–Crippen LogP) is 3.87. The number of hydrogen-bond donors (Lipinski definition) is 2. The maximum atomic E-state index is 12.6. The second kappa shape index (κ2) is 11.3. The van der Waals surface area contributed by atoms with Gasteiger partial charge in [0.25, 0.3) is 5.91 Å². The highest BCUT2D eigenvalue weighted by Crippen LogP contribution is 2.19. The molecule has 6 nitrogen and oxygen atoms in total. The molecule has 2 aromatic rings. The van der Waals surface area contributed by atoms with Gasteiger partial charge in [0.1, 0.15) is 18.1 Å². The summed E-state index contributed by atoms with van der Waals surface area (Å²) in [5.74, 6) is 1.31. The number of benzene rings is 2. The minimum Gasteiger partial charge on any atom is -0.492 e. The third-order valence-electron chi connectivity index (χ3n) is 3.60. The molecule has 28 heavy (non-hydrogen) atoms. The van der Waals surface area contributed by atoms with Gasteiger partial charge in [-0.05, 0) is 54.5 Å². The first-order valence-corrected chi connectivity index (χ1v) is 9.46. The van der Waals surface area contributed by atoms with Gasteiger partial charge in [-0.25, -0.2) is 0 Å². The predicted molar refractivity (Wildman–Crippen MR) is 114 cm³/mol. The fraction of sp³-hybridized carbons (Fsp3) is 0.333. The van der Waals surface area contributed by atoms with Crippen molar-refractivity contribution in [3.63, 3.8) is 0 Å². The number of amides is 1. The molecule has 0 fully saturated rings. The maximum absolute atomic E-state index is 12.6. The molecule has 0 unspecified atom stereocenters.